The lowest BCUT2D eigenvalue weighted by Crippen LogP contribution is -2.35. The Morgan fingerprint density at radius 1 is 1.57 bits per heavy atom. The third kappa shape index (κ3) is 3.49. The Bertz CT molecular complexity index is 532. The number of methoxy groups -OCH3 is 1. The molecule has 0 aromatic carbocycles. The quantitative estimate of drug-likeness (QED) is 0.841. The van der Waals surface area contributed by atoms with E-state index in [9.17, 15) is 13.6 Å². The van der Waals surface area contributed by atoms with Crippen LogP contribution in [0.5, 0.6) is 0 Å². The van der Waals surface area contributed by atoms with Crippen molar-refractivity contribution in [1.29, 1.82) is 0 Å². The first kappa shape index (κ1) is 15.7. The van der Waals surface area contributed by atoms with Crippen molar-refractivity contribution in [2.24, 2.45) is 12.5 Å². The molecule has 2 rings (SSSR count). The third-order valence-electron chi connectivity index (χ3n) is 3.74. The number of aromatic nitrogens is 2. The maximum Gasteiger partial charge on any atom is 0.320 e. The molecule has 1 aliphatic carbocycles. The third-order valence-corrected chi connectivity index (χ3v) is 3.74. The minimum absolute atomic E-state index is 0.0553. The predicted molar refractivity (Wildman–Crippen MR) is 73.5 cm³/mol. The van der Waals surface area contributed by atoms with Crippen LogP contribution in [0.3, 0.4) is 0 Å². The van der Waals surface area contributed by atoms with E-state index < -0.39 is 17.4 Å². The van der Waals surface area contributed by atoms with Gasteiger partial charge in [0.2, 0.25) is 0 Å². The molecule has 1 saturated carbocycles. The molecular weight excluding hydrogens is 282 g/mol. The maximum atomic E-state index is 13.0. The lowest BCUT2D eigenvalue weighted by Gasteiger charge is -2.12. The van der Waals surface area contributed by atoms with Gasteiger partial charge in [-0.3, -0.25) is 10.00 Å². The number of amides is 2. The van der Waals surface area contributed by atoms with E-state index in [4.69, 9.17) is 4.74 Å². The molecular formula is C13H20F2N4O2. The first-order valence-corrected chi connectivity index (χ1v) is 6.72. The van der Waals surface area contributed by atoms with E-state index in [1.807, 2.05) is 0 Å². The number of rotatable bonds is 6. The van der Waals surface area contributed by atoms with Gasteiger partial charge in [0.1, 0.15) is 5.82 Å². The van der Waals surface area contributed by atoms with Gasteiger partial charge < -0.3 is 10.1 Å². The van der Waals surface area contributed by atoms with Gasteiger partial charge in [0, 0.05) is 39.6 Å². The molecule has 2 N–H and O–H groups in total. The van der Waals surface area contributed by atoms with Gasteiger partial charge >= 0.3 is 6.03 Å². The van der Waals surface area contributed by atoms with Crippen molar-refractivity contribution in [1.82, 2.24) is 15.1 Å². The average Bonchev–Trinajstić information content (AvgIpc) is 2.72. The molecule has 6 nitrogen and oxygen atoms in total. The molecule has 0 aliphatic heterocycles. The fourth-order valence-electron chi connectivity index (χ4n) is 2.05. The molecule has 0 bridgehead atoms. The molecule has 1 unspecified atom stereocenters. The molecule has 1 fully saturated rings. The van der Waals surface area contributed by atoms with Gasteiger partial charge in [0.05, 0.1) is 17.7 Å². The molecule has 2 amide bonds. The number of aryl methyl sites for hydroxylation is 1. The summed E-state index contributed by atoms with van der Waals surface area (Å²) >= 11 is 0. The molecule has 1 heterocycles. The van der Waals surface area contributed by atoms with Gasteiger partial charge in [-0.1, -0.05) is 6.92 Å². The summed E-state index contributed by atoms with van der Waals surface area (Å²) in [5.74, 6) is -2.17. The van der Waals surface area contributed by atoms with Gasteiger partial charge in [0.15, 0.2) is 0 Å². The highest BCUT2D eigenvalue weighted by Gasteiger charge is 2.67. The fourth-order valence-corrected chi connectivity index (χ4v) is 2.05. The smallest absolute Gasteiger partial charge is 0.320 e. The molecule has 1 aliphatic rings. The molecule has 1 aromatic heterocycles. The van der Waals surface area contributed by atoms with E-state index in [0.717, 1.165) is 5.69 Å². The zero-order valence-corrected chi connectivity index (χ0v) is 12.4. The van der Waals surface area contributed by atoms with E-state index in [2.05, 4.69) is 15.7 Å². The second-order valence-corrected chi connectivity index (χ2v) is 5.64. The summed E-state index contributed by atoms with van der Waals surface area (Å²) < 4.78 is 32.6. The van der Waals surface area contributed by atoms with Crippen LogP contribution in [-0.2, 0) is 18.2 Å². The fraction of sp³-hybridized carbons (Fsp3) is 0.692. The Hall–Kier alpha value is -1.70. The van der Waals surface area contributed by atoms with Crippen molar-refractivity contribution >= 4 is 11.8 Å². The standard InChI is InChI=1S/C13H20F2N4O2/c1-12(7-13(12,14)15)8-16-11(20)17-10-6-9(4-5-21-3)18-19(10)2/h6H,4-5,7-8H2,1-3H3,(H2,16,17,20). The van der Waals surface area contributed by atoms with Gasteiger partial charge in [-0.25, -0.2) is 13.6 Å². The number of hydrogen-bond donors (Lipinski definition) is 2. The van der Waals surface area contributed by atoms with E-state index in [1.54, 1.807) is 20.2 Å². The van der Waals surface area contributed by atoms with Crippen molar-refractivity contribution in [3.63, 3.8) is 0 Å². The largest absolute Gasteiger partial charge is 0.384 e. The number of carbonyl (C=O) groups excluding carboxylic acids is 1. The van der Waals surface area contributed by atoms with Crippen LogP contribution in [0.2, 0.25) is 0 Å². The van der Waals surface area contributed by atoms with Gasteiger partial charge in [0.25, 0.3) is 5.92 Å². The maximum absolute atomic E-state index is 13.0. The second kappa shape index (κ2) is 5.59. The van der Waals surface area contributed by atoms with Crippen molar-refractivity contribution in [3.05, 3.63) is 11.8 Å². The number of nitrogens with one attached hydrogen (secondary N) is 2. The summed E-state index contributed by atoms with van der Waals surface area (Å²) in [5, 5.41) is 9.29. The van der Waals surface area contributed by atoms with Crippen molar-refractivity contribution in [2.75, 3.05) is 25.6 Å². The number of hydrogen-bond acceptors (Lipinski definition) is 3. The molecule has 1 atom stereocenters. The molecule has 8 heteroatoms. The molecule has 1 aromatic rings. The number of nitrogens with zero attached hydrogens (tertiary/aromatic N) is 2. The summed E-state index contributed by atoms with van der Waals surface area (Å²) in [6.07, 6.45) is 0.449. The number of carbonyl (C=O) groups is 1. The Kier molecular flexibility index (Phi) is 4.18. The van der Waals surface area contributed by atoms with Crippen LogP contribution in [0.15, 0.2) is 6.07 Å². The van der Waals surface area contributed by atoms with Gasteiger partial charge in [-0.2, -0.15) is 5.10 Å². The normalized spacial score (nSPS) is 22.9. The zero-order chi connectivity index (χ0) is 15.7. The summed E-state index contributed by atoms with van der Waals surface area (Å²) in [4.78, 5) is 11.7. The summed E-state index contributed by atoms with van der Waals surface area (Å²) in [6.45, 7) is 1.94. The average molecular weight is 302 g/mol. The molecule has 0 radical (unpaired) electrons. The van der Waals surface area contributed by atoms with Crippen molar-refractivity contribution in [3.8, 4) is 0 Å². The zero-order valence-electron chi connectivity index (χ0n) is 12.4. The molecule has 118 valence electrons. The number of anilines is 1. The van der Waals surface area contributed by atoms with Crippen LogP contribution >= 0.6 is 0 Å². The van der Waals surface area contributed by atoms with Crippen LogP contribution in [0.25, 0.3) is 0 Å². The van der Waals surface area contributed by atoms with Crippen molar-refractivity contribution < 1.29 is 18.3 Å². The first-order valence-electron chi connectivity index (χ1n) is 6.72. The van der Waals surface area contributed by atoms with Crippen LogP contribution in [0, 0.1) is 5.41 Å². The van der Waals surface area contributed by atoms with E-state index in [1.165, 1.54) is 11.6 Å². The molecule has 0 spiro atoms. The summed E-state index contributed by atoms with van der Waals surface area (Å²) in [6, 6.07) is 1.21. The summed E-state index contributed by atoms with van der Waals surface area (Å²) in [7, 11) is 3.30. The summed E-state index contributed by atoms with van der Waals surface area (Å²) in [5.41, 5.74) is -0.337. The number of urea groups is 1. The van der Waals surface area contributed by atoms with Crippen LogP contribution in [0.1, 0.15) is 19.0 Å². The number of halogens is 2. The number of alkyl halides is 2. The Morgan fingerprint density at radius 2 is 2.24 bits per heavy atom. The van der Waals surface area contributed by atoms with E-state index >= 15 is 0 Å². The van der Waals surface area contributed by atoms with Crippen LogP contribution in [0.4, 0.5) is 19.4 Å². The lowest BCUT2D eigenvalue weighted by atomic mass is 10.1. The SMILES string of the molecule is COCCc1cc(NC(=O)NCC2(C)CC2(F)F)n(C)n1. The molecule has 21 heavy (non-hydrogen) atoms. The second-order valence-electron chi connectivity index (χ2n) is 5.64. The highest BCUT2D eigenvalue weighted by Crippen LogP contribution is 2.59. The van der Waals surface area contributed by atoms with E-state index in [-0.39, 0.29) is 13.0 Å². The topological polar surface area (TPSA) is 68.2 Å². The highest BCUT2D eigenvalue weighted by atomic mass is 19.3. The minimum Gasteiger partial charge on any atom is -0.384 e. The van der Waals surface area contributed by atoms with E-state index in [0.29, 0.717) is 18.8 Å². The Labute approximate surface area is 121 Å². The van der Waals surface area contributed by atoms with Crippen LogP contribution < -0.4 is 10.6 Å². The lowest BCUT2D eigenvalue weighted by molar-refractivity contribution is 0.0709. The van der Waals surface area contributed by atoms with Crippen molar-refractivity contribution in [2.45, 2.75) is 25.7 Å². The molecule has 0 saturated heterocycles. The number of ether oxygens (including phenoxy) is 1. The monoisotopic (exact) mass is 302 g/mol. The van der Waals surface area contributed by atoms with Crippen LogP contribution in [-0.4, -0.2) is 42.0 Å². The Balaban J connectivity index is 1.84. The van der Waals surface area contributed by atoms with Gasteiger partial charge in [-0.05, 0) is 0 Å². The van der Waals surface area contributed by atoms with Gasteiger partial charge in [-0.15, -0.1) is 0 Å². The predicted octanol–water partition coefficient (Wildman–Crippen LogP) is 1.78. The Morgan fingerprint density at radius 3 is 2.81 bits per heavy atom. The minimum atomic E-state index is -2.68. The highest BCUT2D eigenvalue weighted by molar-refractivity contribution is 5.88. The first-order chi connectivity index (χ1) is 9.77.